The second-order valence-corrected chi connectivity index (χ2v) is 5.32. The molecule has 7 nitrogen and oxygen atoms in total. The first-order valence-electron chi connectivity index (χ1n) is 7.40. The van der Waals surface area contributed by atoms with E-state index in [1.807, 2.05) is 42.5 Å². The van der Waals surface area contributed by atoms with Crippen LogP contribution in [0.3, 0.4) is 0 Å². The molecular weight excluding hydrogens is 306 g/mol. The Labute approximate surface area is 137 Å². The molecule has 1 aromatic carbocycles. The summed E-state index contributed by atoms with van der Waals surface area (Å²) < 4.78 is 11.5. The highest BCUT2D eigenvalue weighted by Crippen LogP contribution is 2.29. The van der Waals surface area contributed by atoms with Gasteiger partial charge in [0.1, 0.15) is 5.76 Å². The molecule has 24 heavy (non-hydrogen) atoms. The van der Waals surface area contributed by atoms with E-state index in [1.165, 1.54) is 6.21 Å². The van der Waals surface area contributed by atoms with Crippen LogP contribution in [0.15, 0.2) is 51.3 Å². The third kappa shape index (κ3) is 2.51. The lowest BCUT2D eigenvalue weighted by molar-refractivity contribution is 0.479. The van der Waals surface area contributed by atoms with E-state index >= 15 is 0 Å². The summed E-state index contributed by atoms with van der Waals surface area (Å²) in [6, 6.07) is 13.0. The number of nitrogens with zero attached hydrogens (tertiary/aromatic N) is 1. The van der Waals surface area contributed by atoms with Crippen molar-refractivity contribution in [3.63, 3.8) is 0 Å². The average molecular weight is 321 g/mol. The van der Waals surface area contributed by atoms with Crippen LogP contribution in [0.25, 0.3) is 34.1 Å². The molecule has 4 rings (SSSR count). The fourth-order valence-electron chi connectivity index (χ4n) is 2.54. The Hall–Kier alpha value is -3.16. The third-order valence-electron chi connectivity index (χ3n) is 3.69. The van der Waals surface area contributed by atoms with Crippen molar-refractivity contribution >= 4 is 17.2 Å². The molecular formula is C17H15N5O2. The summed E-state index contributed by atoms with van der Waals surface area (Å²) in [5, 5.41) is 7.32. The van der Waals surface area contributed by atoms with Crippen molar-refractivity contribution in [2.45, 2.75) is 6.54 Å². The van der Waals surface area contributed by atoms with Crippen LogP contribution in [-0.4, -0.2) is 16.2 Å². The van der Waals surface area contributed by atoms with Crippen LogP contribution in [0.2, 0.25) is 0 Å². The molecule has 0 bridgehead atoms. The number of imidazole rings is 1. The topological polar surface area (TPSA) is 117 Å². The smallest absolute Gasteiger partial charge is 0.174 e. The first kappa shape index (κ1) is 14.4. The molecule has 0 radical (unpaired) electrons. The summed E-state index contributed by atoms with van der Waals surface area (Å²) in [5.74, 6) is 8.52. The van der Waals surface area contributed by atoms with Gasteiger partial charge < -0.3 is 19.2 Å². The molecule has 0 atom stereocenters. The van der Waals surface area contributed by atoms with Crippen molar-refractivity contribution in [3.05, 3.63) is 53.8 Å². The quantitative estimate of drug-likeness (QED) is 0.256. The molecule has 120 valence electrons. The van der Waals surface area contributed by atoms with Crippen molar-refractivity contribution in [2.24, 2.45) is 5.84 Å². The summed E-state index contributed by atoms with van der Waals surface area (Å²) in [7, 11) is 0. The van der Waals surface area contributed by atoms with E-state index < -0.39 is 0 Å². The van der Waals surface area contributed by atoms with Crippen LogP contribution in [0.4, 0.5) is 0 Å². The van der Waals surface area contributed by atoms with Crippen molar-refractivity contribution in [1.29, 1.82) is 5.41 Å². The molecule has 0 aliphatic carbocycles. The van der Waals surface area contributed by atoms with Gasteiger partial charge in [0.25, 0.3) is 0 Å². The van der Waals surface area contributed by atoms with Crippen LogP contribution in [0.5, 0.6) is 0 Å². The van der Waals surface area contributed by atoms with Crippen LogP contribution in [-0.2, 0) is 6.54 Å². The van der Waals surface area contributed by atoms with E-state index in [0.717, 1.165) is 22.4 Å². The number of fused-ring (bicyclic) bond motifs is 1. The Morgan fingerprint density at radius 2 is 1.88 bits per heavy atom. The van der Waals surface area contributed by atoms with Gasteiger partial charge in [0, 0.05) is 6.21 Å². The zero-order valence-corrected chi connectivity index (χ0v) is 12.7. The number of nitrogens with one attached hydrogen (secondary N) is 3. The standard InChI is InChI=1S/C17H15N5O2/c18-8-10-1-3-12-13(7-10)22-17(21-12)16-6-5-15(24-16)14-4-2-11(23-14)9-20-19/h1-8,18,20H,9,19H2,(H,21,22). The van der Waals surface area contributed by atoms with Crippen LogP contribution in [0, 0.1) is 5.41 Å². The van der Waals surface area contributed by atoms with E-state index in [-0.39, 0.29) is 0 Å². The SMILES string of the molecule is N=Cc1ccc2nc(-c3ccc(-c4ccc(CNN)o4)o3)[nH]c2c1. The Balaban J connectivity index is 1.67. The van der Waals surface area contributed by atoms with Gasteiger partial charge >= 0.3 is 0 Å². The van der Waals surface area contributed by atoms with Gasteiger partial charge in [-0.15, -0.1) is 0 Å². The van der Waals surface area contributed by atoms with Crippen molar-refractivity contribution in [3.8, 4) is 23.1 Å². The minimum Gasteiger partial charge on any atom is -0.456 e. The van der Waals surface area contributed by atoms with E-state index in [4.69, 9.17) is 20.1 Å². The predicted octanol–water partition coefficient (Wildman–Crippen LogP) is 3.04. The number of rotatable bonds is 5. The van der Waals surface area contributed by atoms with E-state index in [1.54, 1.807) is 0 Å². The highest BCUT2D eigenvalue weighted by Gasteiger charge is 2.13. The second kappa shape index (κ2) is 5.80. The molecule has 3 aromatic heterocycles. The molecule has 0 saturated carbocycles. The molecule has 0 unspecified atom stereocenters. The maximum atomic E-state index is 7.32. The van der Waals surface area contributed by atoms with E-state index in [0.29, 0.717) is 29.6 Å². The lowest BCUT2D eigenvalue weighted by atomic mass is 10.2. The summed E-state index contributed by atoms with van der Waals surface area (Å²) in [6.45, 7) is 0.451. The lowest BCUT2D eigenvalue weighted by Gasteiger charge is -1.94. The lowest BCUT2D eigenvalue weighted by Crippen LogP contribution is -2.20. The fourth-order valence-corrected chi connectivity index (χ4v) is 2.54. The summed E-state index contributed by atoms with van der Waals surface area (Å²) in [4.78, 5) is 7.73. The Morgan fingerprint density at radius 3 is 2.71 bits per heavy atom. The van der Waals surface area contributed by atoms with Crippen LogP contribution >= 0.6 is 0 Å². The molecule has 0 fully saturated rings. The van der Waals surface area contributed by atoms with Gasteiger partial charge in [-0.2, -0.15) is 0 Å². The number of hydrogen-bond acceptors (Lipinski definition) is 6. The zero-order chi connectivity index (χ0) is 16.5. The zero-order valence-electron chi connectivity index (χ0n) is 12.7. The van der Waals surface area contributed by atoms with Crippen molar-refractivity contribution < 1.29 is 8.83 Å². The predicted molar refractivity (Wildman–Crippen MR) is 90.4 cm³/mol. The minimum absolute atomic E-state index is 0.451. The number of nitrogens with two attached hydrogens (primary N) is 1. The summed E-state index contributed by atoms with van der Waals surface area (Å²) >= 11 is 0. The fraction of sp³-hybridized carbons (Fsp3) is 0.0588. The van der Waals surface area contributed by atoms with Gasteiger partial charge in [0.05, 0.1) is 17.6 Å². The van der Waals surface area contributed by atoms with Crippen LogP contribution in [0.1, 0.15) is 11.3 Å². The highest BCUT2D eigenvalue weighted by atomic mass is 16.4. The molecule has 7 heteroatoms. The number of hydrazine groups is 1. The molecule has 0 aliphatic heterocycles. The van der Waals surface area contributed by atoms with Gasteiger partial charge in [-0.25, -0.2) is 4.98 Å². The van der Waals surface area contributed by atoms with E-state index in [9.17, 15) is 0 Å². The van der Waals surface area contributed by atoms with Gasteiger partial charge in [0.2, 0.25) is 0 Å². The number of H-pyrrole nitrogens is 1. The Bertz CT molecular complexity index is 1010. The summed E-state index contributed by atoms with van der Waals surface area (Å²) in [6.07, 6.45) is 1.30. The molecule has 0 aliphatic rings. The first-order chi connectivity index (χ1) is 11.8. The highest BCUT2D eigenvalue weighted by molar-refractivity contribution is 5.87. The molecule has 3 heterocycles. The Morgan fingerprint density at radius 1 is 1.08 bits per heavy atom. The molecule has 0 amide bonds. The van der Waals surface area contributed by atoms with Crippen molar-refractivity contribution in [2.75, 3.05) is 0 Å². The van der Waals surface area contributed by atoms with Crippen LogP contribution < -0.4 is 11.3 Å². The van der Waals surface area contributed by atoms with Gasteiger partial charge in [0.15, 0.2) is 23.1 Å². The second-order valence-electron chi connectivity index (χ2n) is 5.32. The number of hydrogen-bond donors (Lipinski definition) is 4. The maximum absolute atomic E-state index is 7.32. The number of furan rings is 2. The van der Waals surface area contributed by atoms with Crippen molar-refractivity contribution in [1.82, 2.24) is 15.4 Å². The minimum atomic E-state index is 0.451. The van der Waals surface area contributed by atoms with E-state index in [2.05, 4.69) is 15.4 Å². The number of aromatic nitrogens is 2. The Kier molecular flexibility index (Phi) is 3.49. The average Bonchev–Trinajstić information content (AvgIpc) is 3.32. The first-order valence-corrected chi connectivity index (χ1v) is 7.40. The molecule has 0 spiro atoms. The summed E-state index contributed by atoms with van der Waals surface area (Å²) in [5.41, 5.74) is 5.04. The molecule has 5 N–H and O–H groups in total. The molecule has 4 aromatic rings. The maximum Gasteiger partial charge on any atom is 0.174 e. The van der Waals surface area contributed by atoms with Gasteiger partial charge in [-0.05, 0) is 42.0 Å². The largest absolute Gasteiger partial charge is 0.456 e. The van der Waals surface area contributed by atoms with Gasteiger partial charge in [-0.1, -0.05) is 6.07 Å². The third-order valence-corrected chi connectivity index (χ3v) is 3.69. The van der Waals surface area contributed by atoms with Gasteiger partial charge in [-0.3, -0.25) is 11.3 Å². The number of aromatic amines is 1. The monoisotopic (exact) mass is 321 g/mol. The normalized spacial score (nSPS) is 11.2. The molecule has 0 saturated heterocycles. The number of benzene rings is 1.